The average molecular weight is 446 g/mol. The fourth-order valence-electron chi connectivity index (χ4n) is 5.10. The number of hydrogen-bond donors (Lipinski definition) is 0. The van der Waals surface area contributed by atoms with Crippen LogP contribution in [0.1, 0.15) is 61.5 Å². The predicted molar refractivity (Wildman–Crippen MR) is 143 cm³/mol. The van der Waals surface area contributed by atoms with Crippen molar-refractivity contribution in [2.24, 2.45) is 0 Å². The Hall–Kier alpha value is -3.65. The Kier molecular flexibility index (Phi) is 5.83. The van der Waals surface area contributed by atoms with Gasteiger partial charge in [-0.05, 0) is 59.0 Å². The van der Waals surface area contributed by atoms with Gasteiger partial charge in [-0.2, -0.15) is 0 Å². The molecule has 0 aromatic heterocycles. The predicted octanol–water partition coefficient (Wildman–Crippen LogP) is 8.84. The second-order valence-corrected chi connectivity index (χ2v) is 9.65. The summed E-state index contributed by atoms with van der Waals surface area (Å²) in [5.74, 6) is 0.226. The van der Waals surface area contributed by atoms with Crippen LogP contribution in [0.5, 0.6) is 0 Å². The minimum absolute atomic E-state index is 0.0611. The number of nitrogens with zero attached hydrogens (tertiary/aromatic N) is 1. The number of anilines is 3. The largest absolute Gasteiger partial charge is 0.310 e. The van der Waals surface area contributed by atoms with E-state index in [0.29, 0.717) is 6.42 Å². The average Bonchev–Trinajstić information content (AvgIpc) is 2.88. The fourth-order valence-corrected chi connectivity index (χ4v) is 5.10. The number of fused-ring (bicyclic) bond motifs is 2. The van der Waals surface area contributed by atoms with Crippen LogP contribution in [-0.4, -0.2) is 5.78 Å². The lowest BCUT2D eigenvalue weighted by atomic mass is 9.73. The van der Waals surface area contributed by atoms with Crippen molar-refractivity contribution in [3.05, 3.63) is 114 Å². The zero-order chi connectivity index (χ0) is 23.7. The highest BCUT2D eigenvalue weighted by molar-refractivity contribution is 5.97. The van der Waals surface area contributed by atoms with E-state index >= 15 is 0 Å². The van der Waals surface area contributed by atoms with Gasteiger partial charge in [0.2, 0.25) is 0 Å². The van der Waals surface area contributed by atoms with Crippen LogP contribution in [0.15, 0.2) is 97.1 Å². The molecule has 1 heterocycles. The number of carbonyl (C=O) groups excluding carboxylic acids is 1. The van der Waals surface area contributed by atoms with Crippen LogP contribution in [0.25, 0.3) is 11.1 Å². The smallest absolute Gasteiger partial charge is 0.162 e. The molecule has 0 spiro atoms. The van der Waals surface area contributed by atoms with Crippen molar-refractivity contribution >= 4 is 22.8 Å². The third kappa shape index (κ3) is 3.84. The number of rotatable bonds is 6. The minimum Gasteiger partial charge on any atom is -0.310 e. The monoisotopic (exact) mass is 445 g/mol. The van der Waals surface area contributed by atoms with Gasteiger partial charge in [-0.25, -0.2) is 0 Å². The van der Waals surface area contributed by atoms with Gasteiger partial charge in [0.15, 0.2) is 5.78 Å². The third-order valence-electron chi connectivity index (χ3n) is 7.04. The summed E-state index contributed by atoms with van der Waals surface area (Å²) < 4.78 is 0. The van der Waals surface area contributed by atoms with Crippen LogP contribution < -0.4 is 4.90 Å². The first-order valence-corrected chi connectivity index (χ1v) is 12.2. The van der Waals surface area contributed by atoms with Crippen molar-refractivity contribution in [1.29, 1.82) is 0 Å². The van der Waals surface area contributed by atoms with E-state index in [9.17, 15) is 4.79 Å². The van der Waals surface area contributed by atoms with Gasteiger partial charge in [0.1, 0.15) is 0 Å². The van der Waals surface area contributed by atoms with E-state index in [1.165, 1.54) is 22.5 Å². The first kappa shape index (κ1) is 22.2. The van der Waals surface area contributed by atoms with E-state index in [2.05, 4.69) is 105 Å². The summed E-state index contributed by atoms with van der Waals surface area (Å²) in [6.07, 6.45) is 2.59. The van der Waals surface area contributed by atoms with Gasteiger partial charge in [-0.1, -0.05) is 93.9 Å². The second kappa shape index (κ2) is 8.95. The SMILES string of the molecule is CCCCC(=O)c1cccc(-c2ccc(N3c4ccccc4C(C)(C)c4ccccc43)cc2)c1. The summed E-state index contributed by atoms with van der Waals surface area (Å²) in [5, 5.41) is 0. The summed E-state index contributed by atoms with van der Waals surface area (Å²) in [5.41, 5.74) is 9.18. The van der Waals surface area contributed by atoms with Crippen molar-refractivity contribution in [3.63, 3.8) is 0 Å². The summed E-state index contributed by atoms with van der Waals surface area (Å²) in [4.78, 5) is 14.9. The standard InChI is InChI=1S/C32H31NO/c1-4-5-17-31(34)25-12-10-11-24(22-25)23-18-20-26(21-19-23)33-29-15-8-6-13-27(29)32(2,3)28-14-7-9-16-30(28)33/h6-16,18-22H,4-5,17H2,1-3H3. The van der Waals surface area contributed by atoms with Crippen molar-refractivity contribution in [3.8, 4) is 11.1 Å². The van der Waals surface area contributed by atoms with Gasteiger partial charge in [0.05, 0.1) is 11.4 Å². The van der Waals surface area contributed by atoms with E-state index < -0.39 is 0 Å². The first-order valence-electron chi connectivity index (χ1n) is 12.2. The molecule has 4 aromatic rings. The molecule has 170 valence electrons. The van der Waals surface area contributed by atoms with E-state index in [-0.39, 0.29) is 11.2 Å². The molecule has 2 heteroatoms. The van der Waals surface area contributed by atoms with Crippen molar-refractivity contribution in [2.45, 2.75) is 45.4 Å². The van der Waals surface area contributed by atoms with Crippen LogP contribution >= 0.6 is 0 Å². The molecule has 0 radical (unpaired) electrons. The molecular weight excluding hydrogens is 414 g/mol. The Balaban J connectivity index is 1.53. The van der Waals surface area contributed by atoms with E-state index in [0.717, 1.165) is 35.2 Å². The lowest BCUT2D eigenvalue weighted by Crippen LogP contribution is -2.30. The number of benzene rings is 4. The van der Waals surface area contributed by atoms with Crippen LogP contribution in [-0.2, 0) is 5.41 Å². The second-order valence-electron chi connectivity index (χ2n) is 9.65. The summed E-state index contributed by atoms with van der Waals surface area (Å²) in [7, 11) is 0. The molecule has 34 heavy (non-hydrogen) atoms. The van der Waals surface area contributed by atoms with Crippen molar-refractivity contribution in [2.75, 3.05) is 4.90 Å². The zero-order valence-electron chi connectivity index (χ0n) is 20.2. The van der Waals surface area contributed by atoms with Crippen LogP contribution in [0.3, 0.4) is 0 Å². The van der Waals surface area contributed by atoms with Gasteiger partial charge in [-0.3, -0.25) is 4.79 Å². The molecule has 0 fully saturated rings. The maximum Gasteiger partial charge on any atom is 0.162 e. The van der Waals surface area contributed by atoms with Crippen molar-refractivity contribution in [1.82, 2.24) is 0 Å². The van der Waals surface area contributed by atoms with Gasteiger partial charge in [-0.15, -0.1) is 0 Å². The fraction of sp³-hybridized carbons (Fsp3) is 0.219. The minimum atomic E-state index is -0.0611. The molecule has 5 rings (SSSR count). The van der Waals surface area contributed by atoms with Gasteiger partial charge < -0.3 is 4.90 Å². The molecule has 0 unspecified atom stereocenters. The molecule has 1 aliphatic rings. The Bertz CT molecular complexity index is 1280. The normalized spacial score (nSPS) is 13.8. The number of hydrogen-bond acceptors (Lipinski definition) is 2. The molecule has 0 bridgehead atoms. The quantitative estimate of drug-likeness (QED) is 0.276. The van der Waals surface area contributed by atoms with E-state index in [4.69, 9.17) is 0 Å². The number of para-hydroxylation sites is 2. The van der Waals surface area contributed by atoms with E-state index in [1.807, 2.05) is 18.2 Å². The number of carbonyl (C=O) groups is 1. The number of ketones is 1. The lowest BCUT2D eigenvalue weighted by Gasteiger charge is -2.42. The Morgan fingerprint density at radius 2 is 1.35 bits per heavy atom. The molecule has 0 N–H and O–H groups in total. The molecule has 2 nitrogen and oxygen atoms in total. The zero-order valence-corrected chi connectivity index (χ0v) is 20.2. The summed E-state index contributed by atoms with van der Waals surface area (Å²) in [6.45, 7) is 6.73. The maximum atomic E-state index is 12.5. The number of unbranched alkanes of at least 4 members (excludes halogenated alkanes) is 1. The molecule has 0 saturated heterocycles. The third-order valence-corrected chi connectivity index (χ3v) is 7.04. The van der Waals surface area contributed by atoms with Crippen LogP contribution in [0.2, 0.25) is 0 Å². The molecule has 1 aliphatic heterocycles. The number of Topliss-reactive ketones (excluding diaryl/α,β-unsaturated/α-hetero) is 1. The molecule has 0 amide bonds. The van der Waals surface area contributed by atoms with Crippen molar-refractivity contribution < 1.29 is 4.79 Å². The summed E-state index contributed by atoms with van der Waals surface area (Å²) >= 11 is 0. The van der Waals surface area contributed by atoms with Crippen LogP contribution in [0.4, 0.5) is 17.1 Å². The lowest BCUT2D eigenvalue weighted by molar-refractivity contribution is 0.0980. The maximum absolute atomic E-state index is 12.5. The highest BCUT2D eigenvalue weighted by atomic mass is 16.1. The van der Waals surface area contributed by atoms with E-state index in [1.54, 1.807) is 0 Å². The Morgan fingerprint density at radius 1 is 0.735 bits per heavy atom. The first-order chi connectivity index (χ1) is 16.5. The summed E-state index contributed by atoms with van der Waals surface area (Å²) in [6, 6.07) is 34.1. The molecule has 4 aromatic carbocycles. The molecular formula is C32H31NO. The highest BCUT2D eigenvalue weighted by Crippen LogP contribution is 2.51. The molecule has 0 atom stereocenters. The molecule has 0 saturated carbocycles. The topological polar surface area (TPSA) is 20.3 Å². The van der Waals surface area contributed by atoms with Gasteiger partial charge >= 0.3 is 0 Å². The Morgan fingerprint density at radius 3 is 1.97 bits per heavy atom. The van der Waals surface area contributed by atoms with Crippen LogP contribution in [0, 0.1) is 0 Å². The Labute approximate surface area is 202 Å². The van der Waals surface area contributed by atoms with Gasteiger partial charge in [0, 0.05) is 23.1 Å². The molecule has 0 aliphatic carbocycles. The van der Waals surface area contributed by atoms with Gasteiger partial charge in [0.25, 0.3) is 0 Å². The highest BCUT2D eigenvalue weighted by Gasteiger charge is 2.36.